The summed E-state index contributed by atoms with van der Waals surface area (Å²) in [5.41, 5.74) is 1.75. The Morgan fingerprint density at radius 2 is 1.88 bits per heavy atom. The Hall–Kier alpha value is -2.38. The number of hydrogen-bond acceptors (Lipinski definition) is 4. The highest BCUT2D eigenvalue weighted by Gasteiger charge is 2.18. The van der Waals surface area contributed by atoms with Crippen LogP contribution >= 0.6 is 0 Å². The molecule has 0 bridgehead atoms. The molecule has 0 aliphatic rings. The number of carbonyl (C=O) groups is 1. The lowest BCUT2D eigenvalue weighted by Crippen LogP contribution is -2.28. The Balaban J connectivity index is 2.30. The van der Waals surface area contributed by atoms with Crippen molar-refractivity contribution in [2.24, 2.45) is 5.14 Å². The minimum absolute atomic E-state index is 0.0943. The predicted octanol–water partition coefficient (Wildman–Crippen LogP) is 2.14. The van der Waals surface area contributed by atoms with Crippen LogP contribution in [0.5, 0.6) is 5.75 Å². The summed E-state index contributed by atoms with van der Waals surface area (Å²) in [4.78, 5) is 12.4. The van der Waals surface area contributed by atoms with Gasteiger partial charge in [0.1, 0.15) is 5.75 Å². The van der Waals surface area contributed by atoms with Crippen LogP contribution in [0.1, 0.15) is 34.5 Å². The average molecular weight is 348 g/mol. The Labute approximate surface area is 141 Å². The SMILES string of the molecule is COc1ccccc1C(C)NC(=O)c1cc(S(N)(=O)=O)ccc1C. The van der Waals surface area contributed by atoms with E-state index >= 15 is 0 Å². The Kier molecular flexibility index (Phi) is 5.26. The minimum Gasteiger partial charge on any atom is -0.496 e. The van der Waals surface area contributed by atoms with Gasteiger partial charge in [-0.05, 0) is 37.6 Å². The lowest BCUT2D eigenvalue weighted by Gasteiger charge is -2.18. The summed E-state index contributed by atoms with van der Waals surface area (Å²) in [7, 11) is -2.30. The highest BCUT2D eigenvalue weighted by molar-refractivity contribution is 7.89. The fourth-order valence-electron chi connectivity index (χ4n) is 2.40. The van der Waals surface area contributed by atoms with E-state index in [2.05, 4.69) is 5.32 Å². The fraction of sp³-hybridized carbons (Fsp3) is 0.235. The molecule has 24 heavy (non-hydrogen) atoms. The molecule has 0 fully saturated rings. The van der Waals surface area contributed by atoms with Crippen LogP contribution in [0.4, 0.5) is 0 Å². The van der Waals surface area contributed by atoms with Gasteiger partial charge in [-0.1, -0.05) is 24.3 Å². The number of benzene rings is 2. The molecule has 7 heteroatoms. The van der Waals surface area contributed by atoms with Gasteiger partial charge in [-0.15, -0.1) is 0 Å². The molecule has 2 aromatic rings. The molecule has 2 rings (SSSR count). The molecule has 1 atom stereocenters. The second kappa shape index (κ2) is 7.02. The van der Waals surface area contributed by atoms with Gasteiger partial charge in [0.25, 0.3) is 5.91 Å². The molecule has 0 aromatic heterocycles. The number of ether oxygens (including phenoxy) is 1. The second-order valence-corrected chi connectivity index (χ2v) is 7.02. The number of primary sulfonamides is 1. The van der Waals surface area contributed by atoms with Crippen LogP contribution < -0.4 is 15.2 Å². The van der Waals surface area contributed by atoms with Gasteiger partial charge < -0.3 is 10.1 Å². The van der Waals surface area contributed by atoms with Crippen LogP contribution in [0.3, 0.4) is 0 Å². The Bertz CT molecular complexity index is 863. The third-order valence-electron chi connectivity index (χ3n) is 3.74. The van der Waals surface area contributed by atoms with Crippen molar-refractivity contribution in [2.75, 3.05) is 7.11 Å². The van der Waals surface area contributed by atoms with Gasteiger partial charge in [0.15, 0.2) is 0 Å². The maximum absolute atomic E-state index is 12.5. The molecule has 0 radical (unpaired) electrons. The normalized spacial score (nSPS) is 12.5. The summed E-state index contributed by atoms with van der Waals surface area (Å²) in [6.45, 7) is 3.56. The summed E-state index contributed by atoms with van der Waals surface area (Å²) in [6.07, 6.45) is 0. The Morgan fingerprint density at radius 1 is 1.21 bits per heavy atom. The first-order valence-electron chi connectivity index (χ1n) is 7.31. The van der Waals surface area contributed by atoms with E-state index in [9.17, 15) is 13.2 Å². The van der Waals surface area contributed by atoms with Gasteiger partial charge >= 0.3 is 0 Å². The molecular formula is C17H20N2O4S. The number of sulfonamides is 1. The minimum atomic E-state index is -3.87. The van der Waals surface area contributed by atoms with Gasteiger partial charge in [0, 0.05) is 11.1 Å². The zero-order chi connectivity index (χ0) is 17.9. The van der Waals surface area contributed by atoms with Crippen molar-refractivity contribution in [1.82, 2.24) is 5.32 Å². The number of amides is 1. The molecule has 1 amide bonds. The maximum atomic E-state index is 12.5. The molecule has 0 heterocycles. The summed E-state index contributed by atoms with van der Waals surface area (Å²) in [6, 6.07) is 11.3. The predicted molar refractivity (Wildman–Crippen MR) is 91.4 cm³/mol. The largest absolute Gasteiger partial charge is 0.496 e. The summed E-state index contributed by atoms with van der Waals surface area (Å²) < 4.78 is 28.2. The van der Waals surface area contributed by atoms with Crippen molar-refractivity contribution in [2.45, 2.75) is 24.8 Å². The molecule has 128 valence electrons. The van der Waals surface area contributed by atoms with Crippen molar-refractivity contribution in [3.8, 4) is 5.75 Å². The fourth-order valence-corrected chi connectivity index (χ4v) is 2.94. The number of nitrogens with one attached hydrogen (secondary N) is 1. The van der Waals surface area contributed by atoms with E-state index in [1.165, 1.54) is 12.1 Å². The molecule has 0 spiro atoms. The van der Waals surface area contributed by atoms with E-state index < -0.39 is 10.0 Å². The summed E-state index contributed by atoms with van der Waals surface area (Å²) in [5, 5.41) is 7.98. The number of para-hydroxylation sites is 1. The van der Waals surface area contributed by atoms with Gasteiger partial charge in [-0.2, -0.15) is 0 Å². The molecule has 1 unspecified atom stereocenters. The van der Waals surface area contributed by atoms with Gasteiger partial charge in [-0.3, -0.25) is 4.79 Å². The number of nitrogens with two attached hydrogens (primary N) is 1. The van der Waals surface area contributed by atoms with Crippen molar-refractivity contribution in [3.63, 3.8) is 0 Å². The van der Waals surface area contributed by atoms with E-state index in [1.807, 2.05) is 31.2 Å². The van der Waals surface area contributed by atoms with Crippen molar-refractivity contribution >= 4 is 15.9 Å². The molecule has 6 nitrogen and oxygen atoms in total. The molecule has 0 saturated heterocycles. The lowest BCUT2D eigenvalue weighted by atomic mass is 10.0. The first-order chi connectivity index (χ1) is 11.2. The molecule has 0 aliphatic carbocycles. The third-order valence-corrected chi connectivity index (χ3v) is 4.65. The number of rotatable bonds is 5. The maximum Gasteiger partial charge on any atom is 0.252 e. The van der Waals surface area contributed by atoms with E-state index in [0.717, 1.165) is 5.56 Å². The van der Waals surface area contributed by atoms with Gasteiger partial charge in [0.05, 0.1) is 18.0 Å². The summed E-state index contributed by atoms with van der Waals surface area (Å²) >= 11 is 0. The third kappa shape index (κ3) is 3.93. The van der Waals surface area contributed by atoms with E-state index in [4.69, 9.17) is 9.88 Å². The molecule has 2 aromatic carbocycles. The first kappa shape index (κ1) is 18.0. The van der Waals surface area contributed by atoms with Crippen LogP contribution in [-0.2, 0) is 10.0 Å². The van der Waals surface area contributed by atoms with Gasteiger partial charge in [-0.25, -0.2) is 13.6 Å². The quantitative estimate of drug-likeness (QED) is 0.865. The molecule has 0 aliphatic heterocycles. The van der Waals surface area contributed by atoms with Crippen LogP contribution in [0.2, 0.25) is 0 Å². The molecular weight excluding hydrogens is 328 g/mol. The monoisotopic (exact) mass is 348 g/mol. The number of aryl methyl sites for hydroxylation is 1. The van der Waals surface area contributed by atoms with Crippen molar-refractivity contribution < 1.29 is 17.9 Å². The number of hydrogen-bond donors (Lipinski definition) is 2. The zero-order valence-corrected chi connectivity index (χ0v) is 14.6. The van der Waals surface area contributed by atoms with Crippen LogP contribution in [0.25, 0.3) is 0 Å². The zero-order valence-electron chi connectivity index (χ0n) is 13.7. The van der Waals surface area contributed by atoms with E-state index in [-0.39, 0.29) is 22.4 Å². The van der Waals surface area contributed by atoms with Crippen molar-refractivity contribution in [3.05, 3.63) is 59.2 Å². The van der Waals surface area contributed by atoms with Crippen LogP contribution in [0, 0.1) is 6.92 Å². The highest BCUT2D eigenvalue weighted by Crippen LogP contribution is 2.25. The summed E-state index contributed by atoms with van der Waals surface area (Å²) in [5.74, 6) is 0.289. The van der Waals surface area contributed by atoms with Crippen molar-refractivity contribution in [1.29, 1.82) is 0 Å². The lowest BCUT2D eigenvalue weighted by molar-refractivity contribution is 0.0938. The highest BCUT2D eigenvalue weighted by atomic mass is 32.2. The topological polar surface area (TPSA) is 98.5 Å². The first-order valence-corrected chi connectivity index (χ1v) is 8.86. The number of carbonyl (C=O) groups excluding carboxylic acids is 1. The van der Waals surface area contributed by atoms with E-state index in [1.54, 1.807) is 20.1 Å². The average Bonchev–Trinajstić information content (AvgIpc) is 2.53. The Morgan fingerprint density at radius 3 is 2.50 bits per heavy atom. The molecule has 0 saturated carbocycles. The smallest absolute Gasteiger partial charge is 0.252 e. The van der Waals surface area contributed by atoms with Gasteiger partial charge in [0.2, 0.25) is 10.0 Å². The standard InChI is InChI=1S/C17H20N2O4S/c1-11-8-9-13(24(18,21)22)10-15(11)17(20)19-12(2)14-6-4-5-7-16(14)23-3/h4-10,12H,1-3H3,(H,19,20)(H2,18,21,22). The van der Waals surface area contributed by atoms with Crippen LogP contribution in [-0.4, -0.2) is 21.4 Å². The molecule has 3 N–H and O–H groups in total. The van der Waals surface area contributed by atoms with E-state index in [0.29, 0.717) is 11.3 Å². The van der Waals surface area contributed by atoms with Crippen LogP contribution in [0.15, 0.2) is 47.4 Å². The second-order valence-electron chi connectivity index (χ2n) is 5.46. The number of methoxy groups -OCH3 is 1.